The van der Waals surface area contributed by atoms with Gasteiger partial charge in [-0.25, -0.2) is 18.4 Å². The number of likely N-dealkylation sites (tertiary alicyclic amines) is 2. The van der Waals surface area contributed by atoms with Crippen LogP contribution in [-0.2, 0) is 14.3 Å². The molecule has 3 N–H and O–H groups in total. The van der Waals surface area contributed by atoms with Crippen molar-refractivity contribution < 1.29 is 32.6 Å². The number of carbonyl (C=O) groups is 3. The third kappa shape index (κ3) is 10.5. The van der Waals surface area contributed by atoms with Gasteiger partial charge in [-0.2, -0.15) is 10.5 Å². The zero-order valence-corrected chi connectivity index (χ0v) is 30.3. The number of benzene rings is 2. The van der Waals surface area contributed by atoms with Gasteiger partial charge in [0.2, 0.25) is 0 Å². The summed E-state index contributed by atoms with van der Waals surface area (Å²) in [4.78, 5) is 38.5. The first kappa shape index (κ1) is 38.9. The van der Waals surface area contributed by atoms with Crippen LogP contribution >= 0.6 is 0 Å². The Morgan fingerprint density at radius 2 is 1.29 bits per heavy atom. The maximum Gasteiger partial charge on any atom is 0.410 e. The van der Waals surface area contributed by atoms with Crippen molar-refractivity contribution in [2.75, 3.05) is 37.2 Å². The number of nitrogens with one attached hydrogen (secondary N) is 1. The van der Waals surface area contributed by atoms with Crippen LogP contribution in [0.3, 0.4) is 0 Å². The number of hydrogen-bond donors (Lipinski definition) is 2. The van der Waals surface area contributed by atoms with E-state index in [1.165, 1.54) is 24.3 Å². The average Bonchev–Trinajstić information content (AvgIpc) is 3.63. The number of nitrogen functional groups attached to an aromatic ring is 1. The molecule has 4 fully saturated rings. The van der Waals surface area contributed by atoms with E-state index in [-0.39, 0.29) is 40.2 Å². The van der Waals surface area contributed by atoms with Crippen molar-refractivity contribution in [3.8, 4) is 12.1 Å². The Bertz CT molecular complexity index is 1710. The van der Waals surface area contributed by atoms with E-state index in [0.29, 0.717) is 36.5 Å². The molecule has 2 aliphatic heterocycles. The fourth-order valence-corrected chi connectivity index (χ4v) is 6.88. The van der Waals surface area contributed by atoms with Gasteiger partial charge in [0.05, 0.1) is 11.1 Å². The summed E-state index contributed by atoms with van der Waals surface area (Å²) in [6, 6.07) is 12.3. The normalized spacial score (nSPS) is 21.5. The maximum absolute atomic E-state index is 13.7. The van der Waals surface area contributed by atoms with Crippen LogP contribution in [0, 0.1) is 45.1 Å². The fourth-order valence-electron chi connectivity index (χ4n) is 6.88. The number of amides is 2. The van der Waals surface area contributed by atoms with Crippen LogP contribution in [-0.4, -0.2) is 71.2 Å². The minimum absolute atomic E-state index is 0.0224. The molecule has 2 saturated carbocycles. The van der Waals surface area contributed by atoms with Crippen LogP contribution in [0.4, 0.5) is 29.7 Å². The molecule has 2 aliphatic carbocycles. The number of hydrogen-bond acceptors (Lipinski definition) is 9. The number of nitrogens with two attached hydrogens (primary N) is 1. The van der Waals surface area contributed by atoms with Gasteiger partial charge < -0.3 is 30.3 Å². The number of anilines is 2. The van der Waals surface area contributed by atoms with Gasteiger partial charge in [-0.15, -0.1) is 0 Å². The number of carbonyl (C=O) groups excluding carboxylic acids is 3. The molecule has 2 spiro atoms. The second-order valence-electron chi connectivity index (χ2n) is 16.1. The molecule has 0 radical (unpaired) electrons. The molecule has 274 valence electrons. The zero-order valence-electron chi connectivity index (χ0n) is 30.3. The summed E-state index contributed by atoms with van der Waals surface area (Å²) in [7, 11) is 0. The van der Waals surface area contributed by atoms with Gasteiger partial charge in [-0.3, -0.25) is 4.79 Å². The van der Waals surface area contributed by atoms with E-state index in [9.17, 15) is 23.2 Å². The van der Waals surface area contributed by atoms with Crippen molar-refractivity contribution >= 4 is 29.3 Å². The van der Waals surface area contributed by atoms with Crippen molar-refractivity contribution in [3.05, 3.63) is 59.2 Å². The highest BCUT2D eigenvalue weighted by Gasteiger charge is 2.51. The first-order chi connectivity index (χ1) is 23.7. The molecule has 2 heterocycles. The van der Waals surface area contributed by atoms with E-state index in [0.717, 1.165) is 51.4 Å². The summed E-state index contributed by atoms with van der Waals surface area (Å²) in [6.07, 6.45) is 4.63. The van der Waals surface area contributed by atoms with Crippen LogP contribution < -0.4 is 11.1 Å². The van der Waals surface area contributed by atoms with E-state index in [4.69, 9.17) is 25.7 Å². The second kappa shape index (κ2) is 15.1. The summed E-state index contributed by atoms with van der Waals surface area (Å²) in [5, 5.41) is 20.4. The Morgan fingerprint density at radius 3 is 1.75 bits per heavy atom. The Hall–Kier alpha value is -4.91. The molecule has 2 saturated heterocycles. The van der Waals surface area contributed by atoms with Crippen molar-refractivity contribution in [2.45, 2.75) is 97.3 Å². The first-order valence-electron chi connectivity index (χ1n) is 17.1. The zero-order chi connectivity index (χ0) is 37.8. The lowest BCUT2D eigenvalue weighted by molar-refractivity contribution is -0.132. The van der Waals surface area contributed by atoms with Crippen LogP contribution in [0.5, 0.6) is 0 Å². The number of ether oxygens (including phenoxy) is 2. The molecule has 2 aromatic rings. The SMILES string of the molecule is CC(C)(C)OC(=O)N1CCC2(CC(=O)C2)C1.CC(C)(C)OC(=O)N1CCC2(CC(Nc3ccc(C#N)c(F)c3)C2)C1.N#Cc1ccc(N)cc1F. The monoisotopic (exact) mass is 706 g/mol. The molecule has 11 nitrogen and oxygen atoms in total. The molecule has 51 heavy (non-hydrogen) atoms. The van der Waals surface area contributed by atoms with Gasteiger partial charge in [0.1, 0.15) is 40.8 Å². The average molecular weight is 707 g/mol. The Morgan fingerprint density at radius 1 is 0.824 bits per heavy atom. The Labute approximate surface area is 298 Å². The lowest BCUT2D eigenvalue weighted by Gasteiger charge is -2.45. The van der Waals surface area contributed by atoms with Crippen LogP contribution in [0.1, 0.15) is 91.2 Å². The number of rotatable bonds is 2. The Kier molecular flexibility index (Phi) is 11.5. The largest absolute Gasteiger partial charge is 0.444 e. The third-order valence-corrected chi connectivity index (χ3v) is 9.26. The molecule has 2 amide bonds. The van der Waals surface area contributed by atoms with E-state index in [1.807, 2.05) is 47.6 Å². The van der Waals surface area contributed by atoms with Crippen molar-refractivity contribution in [3.63, 3.8) is 0 Å². The predicted molar refractivity (Wildman–Crippen MR) is 187 cm³/mol. The molecule has 0 atom stereocenters. The highest BCUT2D eigenvalue weighted by Crippen LogP contribution is 2.49. The minimum Gasteiger partial charge on any atom is -0.444 e. The number of ketones is 1. The van der Waals surface area contributed by atoms with E-state index in [1.54, 1.807) is 21.9 Å². The summed E-state index contributed by atoms with van der Waals surface area (Å²) >= 11 is 0. The van der Waals surface area contributed by atoms with Gasteiger partial charge in [-0.05, 0) is 109 Å². The van der Waals surface area contributed by atoms with Gasteiger partial charge in [0.25, 0.3) is 0 Å². The van der Waals surface area contributed by atoms with E-state index >= 15 is 0 Å². The van der Waals surface area contributed by atoms with Crippen molar-refractivity contribution in [2.24, 2.45) is 10.8 Å². The Balaban J connectivity index is 0.000000191. The second-order valence-corrected chi connectivity index (χ2v) is 16.1. The fraction of sp³-hybridized carbons (Fsp3) is 0.553. The predicted octanol–water partition coefficient (Wildman–Crippen LogP) is 7.15. The molecule has 6 rings (SSSR count). The maximum atomic E-state index is 13.7. The number of Topliss-reactive ketones (excluding diaryl/α,β-unsaturated/α-hetero) is 1. The highest BCUT2D eigenvalue weighted by molar-refractivity contribution is 5.86. The van der Waals surface area contributed by atoms with Crippen molar-refractivity contribution in [1.82, 2.24) is 9.80 Å². The lowest BCUT2D eigenvalue weighted by atomic mass is 9.65. The quantitative estimate of drug-likeness (QED) is 0.309. The standard InChI is InChI=1S/C19H24FN3O2.C12H19NO3.C7H5FN2/c1-18(2,3)25-17(24)23-7-6-19(12-23)9-15(10-19)22-14-5-4-13(11-21)16(20)8-14;1-11(2,3)16-10(15)13-5-4-12(8-13)6-9(14)7-12;8-7-3-6(10)2-1-5(7)4-9/h4-5,8,15,22H,6-7,9-10,12H2,1-3H3;4-8H2,1-3H3;1-3H,10H2. The first-order valence-corrected chi connectivity index (χ1v) is 17.1. The molecular weight excluding hydrogens is 658 g/mol. The third-order valence-electron chi connectivity index (χ3n) is 9.26. The summed E-state index contributed by atoms with van der Waals surface area (Å²) < 4.78 is 37.0. The molecular formula is C38H48F2N6O5. The van der Waals surface area contributed by atoms with Crippen LogP contribution in [0.2, 0.25) is 0 Å². The molecule has 13 heteroatoms. The van der Waals surface area contributed by atoms with E-state index < -0.39 is 22.8 Å². The van der Waals surface area contributed by atoms with Crippen LogP contribution in [0.15, 0.2) is 36.4 Å². The lowest BCUT2D eigenvalue weighted by Crippen LogP contribution is -2.47. The van der Waals surface area contributed by atoms with Crippen LogP contribution in [0.25, 0.3) is 0 Å². The van der Waals surface area contributed by atoms with Gasteiger partial charge in [-0.1, -0.05) is 0 Å². The van der Waals surface area contributed by atoms with Gasteiger partial charge in [0.15, 0.2) is 0 Å². The number of halogens is 2. The topological polar surface area (TPSA) is 162 Å². The van der Waals surface area contributed by atoms with Gasteiger partial charge >= 0.3 is 12.2 Å². The molecule has 0 bridgehead atoms. The molecule has 4 aliphatic rings. The molecule has 0 unspecified atom stereocenters. The molecule has 2 aromatic carbocycles. The van der Waals surface area contributed by atoms with E-state index in [2.05, 4.69) is 5.32 Å². The summed E-state index contributed by atoms with van der Waals surface area (Å²) in [5.41, 5.74) is 5.66. The smallest absolute Gasteiger partial charge is 0.410 e. The molecule has 0 aromatic heterocycles. The number of nitrogens with zero attached hydrogens (tertiary/aromatic N) is 4. The minimum atomic E-state index is -0.567. The van der Waals surface area contributed by atoms with Crippen molar-refractivity contribution in [1.29, 1.82) is 10.5 Å². The summed E-state index contributed by atoms with van der Waals surface area (Å²) in [5.74, 6) is -0.743. The summed E-state index contributed by atoms with van der Waals surface area (Å²) in [6.45, 7) is 14.1. The van der Waals surface area contributed by atoms with Gasteiger partial charge in [0, 0.05) is 61.9 Å². The number of nitriles is 2. The highest BCUT2D eigenvalue weighted by atomic mass is 19.1.